The second-order valence-electron chi connectivity index (χ2n) is 8.51. The molecule has 0 radical (unpaired) electrons. The second-order valence-corrected chi connectivity index (χ2v) is 8.51. The first-order chi connectivity index (χ1) is 17.4. The predicted octanol–water partition coefficient (Wildman–Crippen LogP) is 3.06. The molecular formula is C26H23N5O5. The van der Waals surface area contributed by atoms with Gasteiger partial charge in [-0.3, -0.25) is 19.6 Å². The molecule has 0 saturated carbocycles. The number of nitrogens with zero attached hydrogens (tertiary/aromatic N) is 3. The predicted molar refractivity (Wildman–Crippen MR) is 129 cm³/mol. The number of amides is 1. The van der Waals surface area contributed by atoms with E-state index in [2.05, 4.69) is 23.2 Å². The van der Waals surface area contributed by atoms with Crippen LogP contribution >= 0.6 is 0 Å². The Balaban J connectivity index is 1.71. The normalized spacial score (nSPS) is 18.0. The third-order valence-electron chi connectivity index (χ3n) is 6.42. The first-order valence-electron chi connectivity index (χ1n) is 11.5. The van der Waals surface area contributed by atoms with Crippen LogP contribution in [0.4, 0.5) is 5.69 Å². The largest absolute Gasteiger partial charge is 0.494 e. The number of hydrogen-bond acceptors (Lipinski definition) is 7. The number of anilines is 1. The Bertz CT molecular complexity index is 1440. The number of carbonyl (C=O) groups excluding carboxylic acids is 1. The maximum Gasteiger partial charge on any atom is 0.323 e. The van der Waals surface area contributed by atoms with Crippen molar-refractivity contribution in [1.29, 1.82) is 5.26 Å². The zero-order chi connectivity index (χ0) is 25.4. The Kier molecular flexibility index (Phi) is 5.60. The molecule has 182 valence electrons. The average Bonchev–Trinajstić information content (AvgIpc) is 3.39. The average molecular weight is 486 g/mol. The minimum atomic E-state index is -1.73. The van der Waals surface area contributed by atoms with E-state index < -0.39 is 23.8 Å². The molecule has 10 nitrogen and oxygen atoms in total. The molecule has 0 unspecified atom stereocenters. The van der Waals surface area contributed by atoms with Crippen molar-refractivity contribution in [3.63, 3.8) is 0 Å². The lowest BCUT2D eigenvalue weighted by Crippen LogP contribution is -2.47. The number of ether oxygens (including phenoxy) is 2. The molecule has 0 saturated heterocycles. The summed E-state index contributed by atoms with van der Waals surface area (Å²) in [6.07, 6.45) is 1.96. The lowest BCUT2D eigenvalue weighted by Gasteiger charge is -2.32. The van der Waals surface area contributed by atoms with Crippen LogP contribution in [-0.4, -0.2) is 40.3 Å². The summed E-state index contributed by atoms with van der Waals surface area (Å²) in [6.45, 7) is 2.11. The van der Waals surface area contributed by atoms with Crippen molar-refractivity contribution in [3.8, 4) is 29.0 Å². The highest BCUT2D eigenvalue weighted by atomic mass is 16.5. The fourth-order valence-electron chi connectivity index (χ4n) is 4.84. The van der Waals surface area contributed by atoms with Crippen LogP contribution in [0.2, 0.25) is 0 Å². The summed E-state index contributed by atoms with van der Waals surface area (Å²) in [4.78, 5) is 26.9. The number of rotatable bonds is 7. The van der Waals surface area contributed by atoms with Crippen LogP contribution in [0.3, 0.4) is 0 Å². The third kappa shape index (κ3) is 3.28. The zero-order valence-electron chi connectivity index (χ0n) is 19.4. The topological polar surface area (TPSA) is 155 Å². The number of fused-ring (bicyclic) bond motifs is 4. The van der Waals surface area contributed by atoms with Gasteiger partial charge < -0.3 is 20.3 Å². The van der Waals surface area contributed by atoms with Gasteiger partial charge in [0.25, 0.3) is 0 Å². The number of nitrogens with two attached hydrogens (primary N) is 1. The lowest BCUT2D eigenvalue weighted by atomic mass is 9.68. The van der Waals surface area contributed by atoms with Crippen LogP contribution in [-0.2, 0) is 15.0 Å². The SMILES string of the molecule is CCCCOc1ccc(-c2[nH]nc3c2[C@@]2(C(=O)N(CC(=O)O)c4ccccc42)C(C#N)=C(N)O3)cc1. The number of benzene rings is 2. The van der Waals surface area contributed by atoms with Crippen molar-refractivity contribution >= 4 is 17.6 Å². The van der Waals surface area contributed by atoms with Gasteiger partial charge in [0.1, 0.15) is 29.4 Å². The van der Waals surface area contributed by atoms with Crippen LogP contribution in [0, 0.1) is 11.3 Å². The molecule has 36 heavy (non-hydrogen) atoms. The van der Waals surface area contributed by atoms with Gasteiger partial charge in [0.2, 0.25) is 17.7 Å². The number of H-pyrrole nitrogens is 1. The molecule has 2 aromatic carbocycles. The summed E-state index contributed by atoms with van der Waals surface area (Å²) in [5.74, 6) is -1.32. The van der Waals surface area contributed by atoms with E-state index in [4.69, 9.17) is 15.2 Å². The van der Waals surface area contributed by atoms with Crippen LogP contribution in [0.25, 0.3) is 11.3 Å². The van der Waals surface area contributed by atoms with Crippen LogP contribution in [0.1, 0.15) is 30.9 Å². The van der Waals surface area contributed by atoms with Crippen molar-refractivity contribution in [3.05, 3.63) is 71.1 Å². The number of nitriles is 1. The van der Waals surface area contributed by atoms with Crippen molar-refractivity contribution in [1.82, 2.24) is 10.2 Å². The summed E-state index contributed by atoms with van der Waals surface area (Å²) in [7, 11) is 0. The molecule has 1 aromatic heterocycles. The van der Waals surface area contributed by atoms with Crippen molar-refractivity contribution in [2.45, 2.75) is 25.2 Å². The van der Waals surface area contributed by atoms with Gasteiger partial charge in [-0.05, 0) is 36.8 Å². The Labute approximate surface area is 206 Å². The van der Waals surface area contributed by atoms with Crippen LogP contribution < -0.4 is 20.1 Å². The first-order valence-corrected chi connectivity index (χ1v) is 11.5. The van der Waals surface area contributed by atoms with Gasteiger partial charge in [-0.1, -0.05) is 31.5 Å². The van der Waals surface area contributed by atoms with Gasteiger partial charge in [0, 0.05) is 16.8 Å². The zero-order valence-corrected chi connectivity index (χ0v) is 19.4. The number of para-hydroxylation sites is 1. The van der Waals surface area contributed by atoms with Gasteiger partial charge in [-0.25, -0.2) is 0 Å². The summed E-state index contributed by atoms with van der Waals surface area (Å²) >= 11 is 0. The molecule has 0 bridgehead atoms. The maximum atomic E-state index is 14.1. The Morgan fingerprint density at radius 1 is 1.28 bits per heavy atom. The summed E-state index contributed by atoms with van der Waals surface area (Å²) in [5, 5.41) is 26.9. The number of carboxylic acid groups (broad SMARTS) is 1. The molecular weight excluding hydrogens is 462 g/mol. The minimum Gasteiger partial charge on any atom is -0.494 e. The quantitative estimate of drug-likeness (QED) is 0.431. The number of carbonyl (C=O) groups is 2. The van der Waals surface area contributed by atoms with E-state index in [1.807, 2.05) is 24.3 Å². The number of nitrogens with one attached hydrogen (secondary N) is 1. The fourth-order valence-corrected chi connectivity index (χ4v) is 4.84. The smallest absolute Gasteiger partial charge is 0.323 e. The van der Waals surface area contributed by atoms with Gasteiger partial charge in [0.15, 0.2) is 0 Å². The van der Waals surface area contributed by atoms with E-state index in [1.54, 1.807) is 24.3 Å². The van der Waals surface area contributed by atoms with Crippen LogP contribution in [0.15, 0.2) is 60.0 Å². The van der Waals surface area contributed by atoms with E-state index in [9.17, 15) is 20.0 Å². The Morgan fingerprint density at radius 2 is 2.03 bits per heavy atom. The maximum absolute atomic E-state index is 14.1. The van der Waals surface area contributed by atoms with E-state index >= 15 is 0 Å². The molecule has 4 N–H and O–H groups in total. The second kappa shape index (κ2) is 8.78. The number of carboxylic acids is 1. The van der Waals surface area contributed by atoms with Gasteiger partial charge in [-0.15, -0.1) is 5.10 Å². The van der Waals surface area contributed by atoms with E-state index in [-0.39, 0.29) is 17.3 Å². The Morgan fingerprint density at radius 3 is 2.72 bits per heavy atom. The highest BCUT2D eigenvalue weighted by Gasteiger charge is 2.61. The molecule has 5 rings (SSSR count). The molecule has 1 spiro atoms. The summed E-state index contributed by atoms with van der Waals surface area (Å²) in [6, 6.07) is 16.1. The number of aromatic amines is 1. The van der Waals surface area contributed by atoms with Gasteiger partial charge in [0.05, 0.1) is 17.9 Å². The standard InChI is InChI=1S/C26H23N5O5/c1-2-3-12-35-16-10-8-15(9-11-16)22-21-24(30-29-22)36-23(28)18(13-27)26(21)17-6-4-5-7-19(17)31(25(26)34)14-20(32)33/h4-11H,2-3,12,14,28H2,1H3,(H,29,30)(H,32,33)/t26-/m0/s1. The van der Waals surface area contributed by atoms with E-state index in [0.717, 1.165) is 17.7 Å². The van der Waals surface area contributed by atoms with Crippen LogP contribution in [0.5, 0.6) is 11.6 Å². The third-order valence-corrected chi connectivity index (χ3v) is 6.42. The summed E-state index contributed by atoms with van der Waals surface area (Å²) < 4.78 is 11.4. The molecule has 3 aromatic rings. The molecule has 3 heterocycles. The number of unbranched alkanes of at least 4 members (excludes halogenated alkanes) is 1. The first kappa shape index (κ1) is 23.0. The monoisotopic (exact) mass is 485 g/mol. The molecule has 10 heteroatoms. The number of aliphatic carboxylic acids is 1. The summed E-state index contributed by atoms with van der Waals surface area (Å²) in [5.41, 5.74) is 6.52. The van der Waals surface area contributed by atoms with Gasteiger partial charge in [-0.2, -0.15) is 5.26 Å². The molecule has 0 fully saturated rings. The Hall–Kier alpha value is -4.78. The lowest BCUT2D eigenvalue weighted by molar-refractivity contribution is -0.136. The fraction of sp³-hybridized carbons (Fsp3) is 0.231. The molecule has 0 aliphatic carbocycles. The van der Waals surface area contributed by atoms with Crippen molar-refractivity contribution < 1.29 is 24.2 Å². The highest BCUT2D eigenvalue weighted by molar-refractivity contribution is 6.16. The van der Waals surface area contributed by atoms with E-state index in [0.29, 0.717) is 40.4 Å². The minimum absolute atomic E-state index is 0.0464. The molecule has 1 atom stereocenters. The van der Waals surface area contributed by atoms with Gasteiger partial charge >= 0.3 is 5.97 Å². The number of aromatic nitrogens is 2. The molecule has 2 aliphatic rings. The van der Waals surface area contributed by atoms with E-state index in [1.165, 1.54) is 0 Å². The number of hydrogen-bond donors (Lipinski definition) is 3. The van der Waals surface area contributed by atoms with Crippen molar-refractivity contribution in [2.75, 3.05) is 18.1 Å². The highest BCUT2D eigenvalue weighted by Crippen LogP contribution is 2.56. The molecule has 1 amide bonds. The van der Waals surface area contributed by atoms with Crippen molar-refractivity contribution in [2.24, 2.45) is 5.73 Å². The molecule has 2 aliphatic heterocycles.